The van der Waals surface area contributed by atoms with E-state index in [0.29, 0.717) is 16.3 Å². The summed E-state index contributed by atoms with van der Waals surface area (Å²) in [5, 5.41) is 13.4. The molecule has 1 heterocycles. The Bertz CT molecular complexity index is 825. The first-order valence-electron chi connectivity index (χ1n) is 8.30. The Morgan fingerprint density at radius 2 is 1.81 bits per heavy atom. The minimum atomic E-state index is -1.06. The number of rotatable bonds is 8. The molecule has 0 saturated carbocycles. The van der Waals surface area contributed by atoms with Gasteiger partial charge in [-0.25, -0.2) is 4.79 Å². The SMILES string of the molecule is COc1ccc(-c2csc(NC(=O)CCC(=O)O)c2C(=O)OC(C)C)cc1. The van der Waals surface area contributed by atoms with Crippen molar-refractivity contribution in [2.75, 3.05) is 12.4 Å². The first-order chi connectivity index (χ1) is 12.8. The van der Waals surface area contributed by atoms with Crippen molar-refractivity contribution in [2.45, 2.75) is 32.8 Å². The average molecular weight is 391 g/mol. The molecule has 0 unspecified atom stereocenters. The smallest absolute Gasteiger partial charge is 0.342 e. The van der Waals surface area contributed by atoms with Gasteiger partial charge in [-0.2, -0.15) is 0 Å². The summed E-state index contributed by atoms with van der Waals surface area (Å²) in [5.74, 6) is -1.40. The van der Waals surface area contributed by atoms with Crippen molar-refractivity contribution >= 4 is 34.2 Å². The van der Waals surface area contributed by atoms with E-state index in [0.717, 1.165) is 5.56 Å². The molecule has 0 atom stereocenters. The summed E-state index contributed by atoms with van der Waals surface area (Å²) < 4.78 is 10.5. The molecular formula is C19H21NO6S. The van der Waals surface area contributed by atoms with Crippen molar-refractivity contribution in [2.24, 2.45) is 0 Å². The van der Waals surface area contributed by atoms with Crippen molar-refractivity contribution in [1.82, 2.24) is 0 Å². The topological polar surface area (TPSA) is 102 Å². The van der Waals surface area contributed by atoms with Crippen LogP contribution in [-0.4, -0.2) is 36.2 Å². The molecule has 0 aliphatic rings. The third-order valence-corrected chi connectivity index (χ3v) is 4.45. The maximum atomic E-state index is 12.6. The number of methoxy groups -OCH3 is 1. The number of amides is 1. The molecule has 0 fully saturated rings. The Balaban J connectivity index is 2.35. The van der Waals surface area contributed by atoms with Gasteiger partial charge in [0.1, 0.15) is 16.3 Å². The lowest BCUT2D eigenvalue weighted by Crippen LogP contribution is -2.17. The fraction of sp³-hybridized carbons (Fsp3) is 0.316. The average Bonchev–Trinajstić information content (AvgIpc) is 3.03. The molecule has 0 bridgehead atoms. The van der Waals surface area contributed by atoms with Crippen molar-refractivity contribution < 1.29 is 29.0 Å². The van der Waals surface area contributed by atoms with Gasteiger partial charge in [-0.1, -0.05) is 12.1 Å². The molecule has 8 heteroatoms. The third-order valence-electron chi connectivity index (χ3n) is 3.56. The fourth-order valence-corrected chi connectivity index (χ4v) is 3.29. The summed E-state index contributed by atoms with van der Waals surface area (Å²) in [7, 11) is 1.57. The summed E-state index contributed by atoms with van der Waals surface area (Å²) in [6.07, 6.45) is -0.783. The highest BCUT2D eigenvalue weighted by Gasteiger charge is 2.24. The van der Waals surface area contributed by atoms with E-state index in [1.54, 1.807) is 38.5 Å². The van der Waals surface area contributed by atoms with Crippen molar-refractivity contribution in [3.63, 3.8) is 0 Å². The predicted octanol–water partition coefficient (Wildman–Crippen LogP) is 3.79. The number of thiophene rings is 1. The minimum Gasteiger partial charge on any atom is -0.497 e. The zero-order valence-electron chi connectivity index (χ0n) is 15.3. The number of hydrogen-bond donors (Lipinski definition) is 2. The van der Waals surface area contributed by atoms with Crippen LogP contribution in [0.4, 0.5) is 5.00 Å². The number of anilines is 1. The van der Waals surface area contributed by atoms with Gasteiger partial charge in [0.15, 0.2) is 0 Å². The first-order valence-corrected chi connectivity index (χ1v) is 9.18. The van der Waals surface area contributed by atoms with Crippen LogP contribution in [0, 0.1) is 0 Å². The number of aliphatic carboxylic acids is 1. The van der Waals surface area contributed by atoms with E-state index in [-0.39, 0.29) is 24.5 Å². The van der Waals surface area contributed by atoms with Gasteiger partial charge >= 0.3 is 11.9 Å². The Kier molecular flexibility index (Phi) is 6.95. The molecule has 144 valence electrons. The number of carbonyl (C=O) groups excluding carboxylic acids is 2. The van der Waals surface area contributed by atoms with Crippen LogP contribution >= 0.6 is 11.3 Å². The molecule has 2 aromatic rings. The van der Waals surface area contributed by atoms with Gasteiger partial charge in [0.25, 0.3) is 0 Å². The van der Waals surface area contributed by atoms with E-state index >= 15 is 0 Å². The van der Waals surface area contributed by atoms with Crippen LogP contribution in [0.15, 0.2) is 29.6 Å². The summed E-state index contributed by atoms with van der Waals surface area (Å²) in [5.41, 5.74) is 1.65. The highest BCUT2D eigenvalue weighted by molar-refractivity contribution is 7.15. The van der Waals surface area contributed by atoms with E-state index in [2.05, 4.69) is 5.32 Å². The molecule has 0 spiro atoms. The van der Waals surface area contributed by atoms with Gasteiger partial charge in [-0.15, -0.1) is 11.3 Å². The Labute approximate surface area is 160 Å². The Hall–Kier alpha value is -2.87. The molecular weight excluding hydrogens is 370 g/mol. The minimum absolute atomic E-state index is 0.177. The number of hydrogen-bond acceptors (Lipinski definition) is 6. The number of esters is 1. The van der Waals surface area contributed by atoms with Gasteiger partial charge in [0.05, 0.1) is 19.6 Å². The molecule has 2 N–H and O–H groups in total. The van der Waals surface area contributed by atoms with Crippen molar-refractivity contribution in [3.8, 4) is 16.9 Å². The monoisotopic (exact) mass is 391 g/mol. The largest absolute Gasteiger partial charge is 0.497 e. The standard InChI is InChI=1S/C19H21NO6S/c1-11(2)26-19(24)17-14(12-4-6-13(25-3)7-5-12)10-27-18(17)20-15(21)8-9-16(22)23/h4-7,10-11H,8-9H2,1-3H3,(H,20,21)(H,22,23). The molecule has 0 saturated heterocycles. The second-order valence-electron chi connectivity index (χ2n) is 5.98. The molecule has 7 nitrogen and oxygen atoms in total. The van der Waals surface area contributed by atoms with Crippen LogP contribution < -0.4 is 10.1 Å². The third kappa shape index (κ3) is 5.55. The van der Waals surface area contributed by atoms with Gasteiger partial charge in [-0.3, -0.25) is 9.59 Å². The number of nitrogens with one attached hydrogen (secondary N) is 1. The predicted molar refractivity (Wildman–Crippen MR) is 102 cm³/mol. The van der Waals surface area contributed by atoms with E-state index < -0.39 is 17.8 Å². The maximum Gasteiger partial charge on any atom is 0.342 e. The number of carbonyl (C=O) groups is 3. The second-order valence-corrected chi connectivity index (χ2v) is 6.86. The lowest BCUT2D eigenvalue weighted by Gasteiger charge is -2.12. The van der Waals surface area contributed by atoms with E-state index in [1.165, 1.54) is 11.3 Å². The van der Waals surface area contributed by atoms with Crippen LogP contribution in [-0.2, 0) is 14.3 Å². The molecule has 0 radical (unpaired) electrons. The lowest BCUT2D eigenvalue weighted by molar-refractivity contribution is -0.138. The summed E-state index contributed by atoms with van der Waals surface area (Å²) in [4.78, 5) is 35.3. The summed E-state index contributed by atoms with van der Waals surface area (Å²) >= 11 is 1.19. The highest BCUT2D eigenvalue weighted by atomic mass is 32.1. The van der Waals surface area contributed by atoms with E-state index in [1.807, 2.05) is 12.1 Å². The van der Waals surface area contributed by atoms with Crippen LogP contribution in [0.2, 0.25) is 0 Å². The summed E-state index contributed by atoms with van der Waals surface area (Å²) in [6.45, 7) is 3.48. The van der Waals surface area contributed by atoms with Gasteiger partial charge in [0.2, 0.25) is 5.91 Å². The van der Waals surface area contributed by atoms with Crippen LogP contribution in [0.25, 0.3) is 11.1 Å². The molecule has 0 aliphatic carbocycles. The zero-order valence-corrected chi connectivity index (χ0v) is 16.1. The van der Waals surface area contributed by atoms with Crippen LogP contribution in [0.1, 0.15) is 37.0 Å². The molecule has 1 aromatic carbocycles. The summed E-state index contributed by atoms with van der Waals surface area (Å²) in [6, 6.07) is 7.16. The molecule has 2 rings (SSSR count). The quantitative estimate of drug-likeness (QED) is 0.664. The van der Waals surface area contributed by atoms with E-state index in [9.17, 15) is 14.4 Å². The Morgan fingerprint density at radius 3 is 2.37 bits per heavy atom. The second kappa shape index (κ2) is 9.18. The fourth-order valence-electron chi connectivity index (χ4n) is 2.32. The lowest BCUT2D eigenvalue weighted by atomic mass is 10.0. The van der Waals surface area contributed by atoms with Crippen molar-refractivity contribution in [1.29, 1.82) is 0 Å². The molecule has 1 aromatic heterocycles. The molecule has 27 heavy (non-hydrogen) atoms. The van der Waals surface area contributed by atoms with Gasteiger partial charge < -0.3 is 19.9 Å². The number of ether oxygens (including phenoxy) is 2. The molecule has 0 aliphatic heterocycles. The maximum absolute atomic E-state index is 12.6. The zero-order chi connectivity index (χ0) is 20.0. The van der Waals surface area contributed by atoms with Crippen molar-refractivity contribution in [3.05, 3.63) is 35.2 Å². The Morgan fingerprint density at radius 1 is 1.15 bits per heavy atom. The molecule has 1 amide bonds. The van der Waals surface area contributed by atoms with Crippen LogP contribution in [0.5, 0.6) is 5.75 Å². The van der Waals surface area contributed by atoms with Gasteiger partial charge in [0, 0.05) is 17.4 Å². The highest BCUT2D eigenvalue weighted by Crippen LogP contribution is 2.37. The number of carboxylic acid groups (broad SMARTS) is 1. The first kappa shape index (κ1) is 20.4. The number of carboxylic acids is 1. The number of benzene rings is 1. The normalized spacial score (nSPS) is 10.5. The van der Waals surface area contributed by atoms with Gasteiger partial charge in [-0.05, 0) is 31.5 Å². The van der Waals surface area contributed by atoms with E-state index in [4.69, 9.17) is 14.6 Å². The van der Waals surface area contributed by atoms with Crippen LogP contribution in [0.3, 0.4) is 0 Å².